The van der Waals surface area contributed by atoms with Crippen molar-refractivity contribution in [1.29, 1.82) is 0 Å². The van der Waals surface area contributed by atoms with Crippen LogP contribution in [-0.4, -0.2) is 47.8 Å². The third-order valence-corrected chi connectivity index (χ3v) is 3.91. The van der Waals surface area contributed by atoms with Crippen molar-refractivity contribution in [3.63, 3.8) is 0 Å². The second kappa shape index (κ2) is 8.54. The molecule has 0 saturated carbocycles. The van der Waals surface area contributed by atoms with Crippen molar-refractivity contribution in [1.82, 2.24) is 4.90 Å². The minimum Gasteiger partial charge on any atom is -0.391 e. The Kier molecular flexibility index (Phi) is 7.39. The number of hydrogen-bond acceptors (Lipinski definition) is 3. The van der Waals surface area contributed by atoms with Crippen LogP contribution in [0.4, 0.5) is 0 Å². The van der Waals surface area contributed by atoms with Gasteiger partial charge < -0.3 is 14.7 Å². The molecule has 4 heteroatoms. The molecular weight excluding hydrogens is 242 g/mol. The number of carbonyl (C=O) groups is 1. The van der Waals surface area contributed by atoms with Crippen LogP contribution in [-0.2, 0) is 9.53 Å². The number of likely N-dealkylation sites (tertiary alicyclic amines) is 1. The van der Waals surface area contributed by atoms with Gasteiger partial charge in [-0.1, -0.05) is 13.8 Å². The van der Waals surface area contributed by atoms with E-state index in [4.69, 9.17) is 4.74 Å². The fourth-order valence-corrected chi connectivity index (χ4v) is 2.97. The minimum atomic E-state index is -0.419. The molecule has 0 aromatic carbocycles. The first-order valence-corrected chi connectivity index (χ1v) is 7.65. The second-order valence-electron chi connectivity index (χ2n) is 5.58. The van der Waals surface area contributed by atoms with E-state index in [1.54, 1.807) is 0 Å². The zero-order valence-corrected chi connectivity index (χ0v) is 12.6. The molecule has 0 radical (unpaired) electrons. The monoisotopic (exact) mass is 271 g/mol. The Labute approximate surface area is 117 Å². The van der Waals surface area contributed by atoms with Crippen LogP contribution in [0.3, 0.4) is 0 Å². The van der Waals surface area contributed by atoms with Gasteiger partial charge in [0.25, 0.3) is 0 Å². The summed E-state index contributed by atoms with van der Waals surface area (Å²) in [6, 6.07) is 0.284. The molecule has 1 N–H and O–H groups in total. The average molecular weight is 271 g/mol. The molecule has 1 fully saturated rings. The van der Waals surface area contributed by atoms with Gasteiger partial charge >= 0.3 is 0 Å². The summed E-state index contributed by atoms with van der Waals surface area (Å²) in [4.78, 5) is 13.9. The summed E-state index contributed by atoms with van der Waals surface area (Å²) < 4.78 is 5.38. The molecule has 3 atom stereocenters. The molecule has 1 rings (SSSR count). The van der Waals surface area contributed by atoms with Crippen LogP contribution in [0.25, 0.3) is 0 Å². The average Bonchev–Trinajstić information content (AvgIpc) is 2.38. The SMILES string of the molecule is CCCOCC(O)C[C@H](C)[C@H]1CCCC(=O)N1CC. The van der Waals surface area contributed by atoms with Crippen LogP contribution < -0.4 is 0 Å². The van der Waals surface area contributed by atoms with E-state index in [1.807, 2.05) is 11.8 Å². The Hall–Kier alpha value is -0.610. The first-order chi connectivity index (χ1) is 9.10. The number of ether oxygens (including phenoxy) is 1. The van der Waals surface area contributed by atoms with E-state index in [-0.39, 0.29) is 11.9 Å². The van der Waals surface area contributed by atoms with Crippen LogP contribution in [0.2, 0.25) is 0 Å². The fraction of sp³-hybridized carbons (Fsp3) is 0.933. The van der Waals surface area contributed by atoms with Crippen molar-refractivity contribution in [3.8, 4) is 0 Å². The summed E-state index contributed by atoms with van der Waals surface area (Å²) in [6.07, 6.45) is 3.98. The Morgan fingerprint density at radius 3 is 2.84 bits per heavy atom. The van der Waals surface area contributed by atoms with Crippen molar-refractivity contribution in [2.75, 3.05) is 19.8 Å². The van der Waals surface area contributed by atoms with Crippen LogP contribution in [0.15, 0.2) is 0 Å². The highest BCUT2D eigenvalue weighted by Gasteiger charge is 2.31. The number of aliphatic hydroxyl groups is 1. The molecule has 0 spiro atoms. The highest BCUT2D eigenvalue weighted by atomic mass is 16.5. The van der Waals surface area contributed by atoms with Crippen LogP contribution in [0, 0.1) is 5.92 Å². The lowest BCUT2D eigenvalue weighted by molar-refractivity contribution is -0.137. The quantitative estimate of drug-likeness (QED) is 0.689. The smallest absolute Gasteiger partial charge is 0.222 e. The van der Waals surface area contributed by atoms with E-state index in [1.165, 1.54) is 0 Å². The molecule has 0 aromatic rings. The molecule has 19 heavy (non-hydrogen) atoms. The van der Waals surface area contributed by atoms with E-state index in [2.05, 4.69) is 13.8 Å². The largest absolute Gasteiger partial charge is 0.391 e. The standard InChI is InChI=1S/C15H29NO3/c1-4-9-19-11-13(17)10-12(3)14-7-6-8-15(18)16(14)5-2/h12-14,17H,4-11H2,1-3H3/t12-,13?,14+/m0/s1. The molecule has 1 saturated heterocycles. The fourth-order valence-electron chi connectivity index (χ4n) is 2.97. The van der Waals surface area contributed by atoms with Gasteiger partial charge in [-0.2, -0.15) is 0 Å². The first kappa shape index (κ1) is 16.4. The number of rotatable bonds is 8. The summed E-state index contributed by atoms with van der Waals surface area (Å²) in [6.45, 7) is 8.11. The zero-order chi connectivity index (χ0) is 14.3. The van der Waals surface area contributed by atoms with Gasteiger partial charge in [-0.05, 0) is 38.5 Å². The van der Waals surface area contributed by atoms with Gasteiger partial charge in [-0.15, -0.1) is 0 Å². The van der Waals surface area contributed by atoms with E-state index in [0.29, 0.717) is 32.0 Å². The molecule has 0 bridgehead atoms. The number of hydrogen-bond donors (Lipinski definition) is 1. The van der Waals surface area contributed by atoms with Gasteiger partial charge in [0, 0.05) is 25.6 Å². The maximum Gasteiger partial charge on any atom is 0.222 e. The van der Waals surface area contributed by atoms with Crippen LogP contribution in [0.5, 0.6) is 0 Å². The van der Waals surface area contributed by atoms with Crippen molar-refractivity contribution in [2.24, 2.45) is 5.92 Å². The van der Waals surface area contributed by atoms with E-state index < -0.39 is 6.10 Å². The van der Waals surface area contributed by atoms with Crippen LogP contribution >= 0.6 is 0 Å². The summed E-state index contributed by atoms with van der Waals surface area (Å²) in [5.74, 6) is 0.590. The molecule has 112 valence electrons. The Balaban J connectivity index is 2.42. The third kappa shape index (κ3) is 5.11. The lowest BCUT2D eigenvalue weighted by Gasteiger charge is -2.39. The van der Waals surface area contributed by atoms with Gasteiger partial charge in [-0.25, -0.2) is 0 Å². The van der Waals surface area contributed by atoms with Gasteiger partial charge in [0.05, 0.1) is 12.7 Å². The first-order valence-electron chi connectivity index (χ1n) is 7.65. The number of carbonyl (C=O) groups excluding carboxylic acids is 1. The van der Waals surface area contributed by atoms with Crippen molar-refractivity contribution in [3.05, 3.63) is 0 Å². The predicted molar refractivity (Wildman–Crippen MR) is 75.9 cm³/mol. The zero-order valence-electron chi connectivity index (χ0n) is 12.6. The Bertz CT molecular complexity index is 270. The van der Waals surface area contributed by atoms with E-state index in [0.717, 1.165) is 25.8 Å². The number of nitrogens with zero attached hydrogens (tertiary/aromatic N) is 1. The molecule has 1 amide bonds. The van der Waals surface area contributed by atoms with Crippen molar-refractivity contribution < 1.29 is 14.6 Å². The summed E-state index contributed by atoms with van der Waals surface area (Å²) >= 11 is 0. The van der Waals surface area contributed by atoms with Gasteiger partial charge in [-0.3, -0.25) is 4.79 Å². The van der Waals surface area contributed by atoms with Gasteiger partial charge in [0.2, 0.25) is 5.91 Å². The number of piperidine rings is 1. The predicted octanol–water partition coefficient (Wildman–Crippen LogP) is 2.20. The highest BCUT2D eigenvalue weighted by molar-refractivity contribution is 5.77. The van der Waals surface area contributed by atoms with Gasteiger partial charge in [0.15, 0.2) is 0 Å². The number of amides is 1. The molecule has 4 nitrogen and oxygen atoms in total. The summed E-state index contributed by atoms with van der Waals surface area (Å²) in [5.41, 5.74) is 0. The summed E-state index contributed by atoms with van der Waals surface area (Å²) in [5, 5.41) is 9.97. The molecule has 1 unspecified atom stereocenters. The highest BCUT2D eigenvalue weighted by Crippen LogP contribution is 2.26. The second-order valence-corrected chi connectivity index (χ2v) is 5.58. The van der Waals surface area contributed by atoms with E-state index >= 15 is 0 Å². The normalized spacial score (nSPS) is 23.5. The molecule has 0 aliphatic carbocycles. The third-order valence-electron chi connectivity index (χ3n) is 3.91. The van der Waals surface area contributed by atoms with Gasteiger partial charge in [0.1, 0.15) is 0 Å². The minimum absolute atomic E-state index is 0.266. The van der Waals surface area contributed by atoms with Crippen molar-refractivity contribution >= 4 is 5.91 Å². The molecule has 1 heterocycles. The Morgan fingerprint density at radius 1 is 1.47 bits per heavy atom. The Morgan fingerprint density at radius 2 is 2.21 bits per heavy atom. The topological polar surface area (TPSA) is 49.8 Å². The lowest BCUT2D eigenvalue weighted by Crippen LogP contribution is -2.47. The van der Waals surface area contributed by atoms with E-state index in [9.17, 15) is 9.90 Å². The number of aliphatic hydroxyl groups excluding tert-OH is 1. The lowest BCUT2D eigenvalue weighted by atomic mass is 9.87. The molecular formula is C15H29NO3. The maximum atomic E-state index is 11.9. The molecule has 1 aliphatic rings. The molecule has 0 aromatic heterocycles. The maximum absolute atomic E-state index is 11.9. The summed E-state index contributed by atoms with van der Waals surface area (Å²) in [7, 11) is 0. The van der Waals surface area contributed by atoms with Crippen molar-refractivity contribution in [2.45, 2.75) is 65.0 Å². The van der Waals surface area contributed by atoms with Crippen LogP contribution in [0.1, 0.15) is 52.9 Å². The molecule has 1 aliphatic heterocycles.